The highest BCUT2D eigenvalue weighted by atomic mass is 32.2. The predicted octanol–water partition coefficient (Wildman–Crippen LogP) is 4.64. The van der Waals surface area contributed by atoms with E-state index < -0.39 is 10.0 Å². The average molecular weight is 618 g/mol. The Kier molecular flexibility index (Phi) is 8.24. The van der Waals surface area contributed by atoms with Gasteiger partial charge >= 0.3 is 0 Å². The Hall–Kier alpha value is -4.12. The molecule has 2 aromatic carbocycles. The van der Waals surface area contributed by atoms with Crippen molar-refractivity contribution in [3.05, 3.63) is 82.3 Å². The highest BCUT2D eigenvalue weighted by molar-refractivity contribution is 7.92. The summed E-state index contributed by atoms with van der Waals surface area (Å²) in [5.74, 6) is -0.0268. The van der Waals surface area contributed by atoms with Crippen molar-refractivity contribution in [2.45, 2.75) is 68.8 Å². The minimum absolute atomic E-state index is 0.00794. The van der Waals surface area contributed by atoms with Gasteiger partial charge in [-0.05, 0) is 73.7 Å². The first-order valence-corrected chi connectivity index (χ1v) is 16.8. The largest absolute Gasteiger partial charge is 0.369 e. The molecule has 3 heterocycles. The SMILES string of the molecule is CC(=O)Nc1ccc(S(=O)(=O)Nc2cc(C(=O)N(C)C3CCCCC3)ccc2N2C[C@H]3C[C@@H](C2)c2cccc(=O)n2C3)cc1. The second-order valence-corrected chi connectivity index (χ2v) is 14.0. The van der Waals surface area contributed by atoms with Crippen LogP contribution in [0, 0.1) is 5.92 Å². The van der Waals surface area contributed by atoms with E-state index in [2.05, 4.69) is 14.9 Å². The summed E-state index contributed by atoms with van der Waals surface area (Å²) in [6.07, 6.45) is 6.27. The number of hydrogen-bond acceptors (Lipinski definition) is 6. The quantitative estimate of drug-likeness (QED) is 0.399. The molecular weight excluding hydrogens is 578 g/mol. The summed E-state index contributed by atoms with van der Waals surface area (Å²) < 4.78 is 32.0. The molecule has 3 aliphatic rings. The van der Waals surface area contributed by atoms with Crippen molar-refractivity contribution in [1.29, 1.82) is 0 Å². The maximum absolute atomic E-state index is 13.7. The van der Waals surface area contributed by atoms with Crippen molar-refractivity contribution in [1.82, 2.24) is 9.47 Å². The van der Waals surface area contributed by atoms with Crippen molar-refractivity contribution in [3.63, 3.8) is 0 Å². The fraction of sp³-hybridized carbons (Fsp3) is 0.424. The molecule has 2 atom stereocenters. The zero-order valence-corrected chi connectivity index (χ0v) is 26.0. The molecular formula is C33H39N5O5S. The van der Waals surface area contributed by atoms with Crippen LogP contribution >= 0.6 is 0 Å². The van der Waals surface area contributed by atoms with Gasteiger partial charge in [0, 0.05) is 68.6 Å². The molecule has 3 aromatic rings. The summed E-state index contributed by atoms with van der Waals surface area (Å²) in [7, 11) is -2.20. The van der Waals surface area contributed by atoms with Gasteiger partial charge in [0.2, 0.25) is 5.91 Å². The van der Waals surface area contributed by atoms with Gasteiger partial charge in [-0.2, -0.15) is 0 Å². The van der Waals surface area contributed by atoms with Crippen molar-refractivity contribution in [2.24, 2.45) is 5.92 Å². The average Bonchev–Trinajstić information content (AvgIpc) is 3.01. The van der Waals surface area contributed by atoms with Crippen LogP contribution in [0.2, 0.25) is 0 Å². The van der Waals surface area contributed by atoms with Crippen LogP contribution in [0.3, 0.4) is 0 Å². The van der Waals surface area contributed by atoms with E-state index in [0.29, 0.717) is 42.3 Å². The molecule has 0 spiro atoms. The predicted molar refractivity (Wildman–Crippen MR) is 171 cm³/mol. The molecule has 2 fully saturated rings. The third-order valence-electron chi connectivity index (χ3n) is 9.24. The lowest BCUT2D eigenvalue weighted by Gasteiger charge is -2.44. The highest BCUT2D eigenvalue weighted by Crippen LogP contribution is 2.40. The van der Waals surface area contributed by atoms with Crippen LogP contribution in [0.15, 0.2) is 70.4 Å². The fourth-order valence-electron chi connectivity index (χ4n) is 7.08. The molecule has 6 rings (SSSR count). The molecule has 232 valence electrons. The Labute approximate surface area is 258 Å². The molecule has 1 saturated heterocycles. The van der Waals surface area contributed by atoms with Gasteiger partial charge in [0.15, 0.2) is 0 Å². The number of anilines is 3. The number of amides is 2. The highest BCUT2D eigenvalue weighted by Gasteiger charge is 2.36. The second kappa shape index (κ2) is 12.1. The molecule has 2 aliphatic heterocycles. The maximum Gasteiger partial charge on any atom is 0.261 e. The number of fused-ring (bicyclic) bond motifs is 4. The molecule has 0 radical (unpaired) electrons. The van der Waals surface area contributed by atoms with Gasteiger partial charge in [-0.3, -0.25) is 19.1 Å². The molecule has 2 bridgehead atoms. The van der Waals surface area contributed by atoms with Gasteiger partial charge in [-0.15, -0.1) is 0 Å². The number of sulfonamides is 1. The number of piperidine rings is 1. The number of rotatable bonds is 7. The van der Waals surface area contributed by atoms with E-state index in [1.54, 1.807) is 41.3 Å². The van der Waals surface area contributed by atoms with E-state index in [9.17, 15) is 22.8 Å². The van der Waals surface area contributed by atoms with E-state index in [1.165, 1.54) is 25.5 Å². The van der Waals surface area contributed by atoms with Crippen LogP contribution in [-0.2, 0) is 21.4 Å². The lowest BCUT2D eigenvalue weighted by molar-refractivity contribution is -0.114. The first-order chi connectivity index (χ1) is 21.1. The third-order valence-corrected chi connectivity index (χ3v) is 10.6. The lowest BCUT2D eigenvalue weighted by atomic mass is 9.83. The minimum Gasteiger partial charge on any atom is -0.369 e. The van der Waals surface area contributed by atoms with Gasteiger partial charge in [0.05, 0.1) is 16.3 Å². The molecule has 44 heavy (non-hydrogen) atoms. The molecule has 10 nitrogen and oxygen atoms in total. The fourth-order valence-corrected chi connectivity index (χ4v) is 8.15. The van der Waals surface area contributed by atoms with Crippen LogP contribution in [0.25, 0.3) is 0 Å². The molecule has 1 aromatic heterocycles. The summed E-state index contributed by atoms with van der Waals surface area (Å²) in [4.78, 5) is 41.6. The summed E-state index contributed by atoms with van der Waals surface area (Å²) in [5, 5.41) is 2.65. The van der Waals surface area contributed by atoms with E-state index in [0.717, 1.165) is 37.8 Å². The number of nitrogens with zero attached hydrogens (tertiary/aromatic N) is 3. The normalized spacial score (nSPS) is 20.0. The second-order valence-electron chi connectivity index (χ2n) is 12.4. The summed E-state index contributed by atoms with van der Waals surface area (Å²) in [5.41, 5.74) is 2.96. The zero-order chi connectivity index (χ0) is 31.0. The number of nitrogens with one attached hydrogen (secondary N) is 2. The van der Waals surface area contributed by atoms with Crippen LogP contribution in [0.4, 0.5) is 17.1 Å². The van der Waals surface area contributed by atoms with E-state index in [4.69, 9.17) is 0 Å². The number of pyridine rings is 1. The summed E-state index contributed by atoms with van der Waals surface area (Å²) >= 11 is 0. The van der Waals surface area contributed by atoms with E-state index >= 15 is 0 Å². The molecule has 2 amide bonds. The zero-order valence-electron chi connectivity index (χ0n) is 25.2. The van der Waals surface area contributed by atoms with Gasteiger partial charge in [0.1, 0.15) is 0 Å². The third kappa shape index (κ3) is 6.10. The van der Waals surface area contributed by atoms with Crippen molar-refractivity contribution >= 4 is 38.9 Å². The Bertz CT molecular complexity index is 1730. The molecule has 1 saturated carbocycles. The monoisotopic (exact) mass is 617 g/mol. The maximum atomic E-state index is 13.7. The van der Waals surface area contributed by atoms with Gasteiger partial charge in [-0.25, -0.2) is 8.42 Å². The van der Waals surface area contributed by atoms with Crippen molar-refractivity contribution in [3.8, 4) is 0 Å². The molecule has 0 unspecified atom stereocenters. The molecule has 11 heteroatoms. The topological polar surface area (TPSA) is 121 Å². The molecule has 2 N–H and O–H groups in total. The van der Waals surface area contributed by atoms with Crippen LogP contribution in [0.1, 0.15) is 67.4 Å². The Morgan fingerprint density at radius 1 is 0.932 bits per heavy atom. The van der Waals surface area contributed by atoms with Gasteiger partial charge in [-0.1, -0.05) is 25.3 Å². The number of benzene rings is 2. The Morgan fingerprint density at radius 2 is 1.68 bits per heavy atom. The van der Waals surface area contributed by atoms with Crippen LogP contribution < -0.4 is 20.5 Å². The first-order valence-electron chi connectivity index (χ1n) is 15.4. The number of carbonyl (C=O) groups is 2. The Balaban J connectivity index is 1.34. The van der Waals surface area contributed by atoms with Gasteiger partial charge < -0.3 is 19.7 Å². The smallest absolute Gasteiger partial charge is 0.261 e. The Morgan fingerprint density at radius 3 is 2.41 bits per heavy atom. The standard InChI is InChI=1S/C33H39N5O5S/c1-22(39)34-26-12-14-28(15-13-26)44(42,43)35-29-18-24(33(41)36(2)27-7-4-3-5-8-27)11-16-31(29)37-19-23-17-25(21-37)30-9-6-10-32(40)38(30)20-23/h6,9-16,18,23,25,27,35H,3-5,7-8,17,19-21H2,1-2H3,(H,34,39)/t23-,25+/m1/s1. The molecule has 1 aliphatic carbocycles. The van der Waals surface area contributed by atoms with E-state index in [1.807, 2.05) is 23.7 Å². The summed E-state index contributed by atoms with van der Waals surface area (Å²) in [6, 6.07) is 16.8. The van der Waals surface area contributed by atoms with Gasteiger partial charge in [0.25, 0.3) is 21.5 Å². The minimum atomic E-state index is -4.04. The van der Waals surface area contributed by atoms with E-state index in [-0.39, 0.29) is 40.1 Å². The first kappa shape index (κ1) is 29.9. The number of aromatic nitrogens is 1. The van der Waals surface area contributed by atoms with Crippen molar-refractivity contribution < 1.29 is 18.0 Å². The van der Waals surface area contributed by atoms with Crippen LogP contribution in [-0.4, -0.2) is 55.9 Å². The number of hydrogen-bond donors (Lipinski definition) is 2. The summed E-state index contributed by atoms with van der Waals surface area (Å²) in [6.45, 7) is 3.29. The van der Waals surface area contributed by atoms with Crippen LogP contribution in [0.5, 0.6) is 0 Å². The van der Waals surface area contributed by atoms with Crippen molar-refractivity contribution in [2.75, 3.05) is 35.1 Å². The number of carbonyl (C=O) groups excluding carboxylic acids is 2. The lowest BCUT2D eigenvalue weighted by Crippen LogP contribution is -2.47.